The summed E-state index contributed by atoms with van der Waals surface area (Å²) in [6.07, 6.45) is 2.10. The Kier molecular flexibility index (Phi) is 11.2. The Morgan fingerprint density at radius 3 is 2.67 bits per heavy atom. The molecule has 1 aromatic heterocycles. The fourth-order valence-electron chi connectivity index (χ4n) is 3.01. The summed E-state index contributed by atoms with van der Waals surface area (Å²) in [5.74, 6) is 0.744. The van der Waals surface area contributed by atoms with Crippen molar-refractivity contribution in [1.29, 1.82) is 0 Å². The maximum Gasteiger partial charge on any atom is 0.416 e. The van der Waals surface area contributed by atoms with E-state index in [4.69, 9.17) is 0 Å². The topological polar surface area (TPSA) is 54.2 Å². The fraction of sp³-hybridized carbons (Fsp3) is 0.524. The van der Waals surface area contributed by atoms with Gasteiger partial charge in [0.05, 0.1) is 11.8 Å². The molecule has 2 rings (SSSR count). The smallest absolute Gasteiger partial charge is 0.357 e. The number of guanidine groups is 1. The molecule has 30 heavy (non-hydrogen) atoms. The number of nitrogens with one attached hydrogen (secondary N) is 2. The van der Waals surface area contributed by atoms with Crippen molar-refractivity contribution in [2.75, 3.05) is 19.6 Å². The minimum Gasteiger partial charge on any atom is -0.357 e. The number of aryl methyl sites for hydroxylation is 2. The molecule has 1 atom stereocenters. The third-order valence-corrected chi connectivity index (χ3v) is 4.65. The molecule has 0 aliphatic carbocycles. The van der Waals surface area contributed by atoms with E-state index in [1.165, 1.54) is 17.7 Å². The van der Waals surface area contributed by atoms with Gasteiger partial charge in [0, 0.05) is 32.9 Å². The van der Waals surface area contributed by atoms with Gasteiger partial charge in [-0.3, -0.25) is 9.67 Å². The van der Waals surface area contributed by atoms with Gasteiger partial charge in [0.25, 0.3) is 0 Å². The largest absolute Gasteiger partial charge is 0.416 e. The van der Waals surface area contributed by atoms with Crippen molar-refractivity contribution < 1.29 is 13.2 Å². The number of aliphatic imine (C=N–C) groups is 1. The summed E-state index contributed by atoms with van der Waals surface area (Å²) in [6.45, 7) is 6.00. The Bertz CT molecular complexity index is 789. The van der Waals surface area contributed by atoms with Crippen LogP contribution < -0.4 is 10.6 Å². The highest BCUT2D eigenvalue weighted by molar-refractivity contribution is 14.0. The molecule has 2 aromatic rings. The van der Waals surface area contributed by atoms with E-state index in [0.717, 1.165) is 31.4 Å². The van der Waals surface area contributed by atoms with Crippen molar-refractivity contribution in [2.24, 2.45) is 12.0 Å². The molecule has 0 spiro atoms. The van der Waals surface area contributed by atoms with Crippen LogP contribution in [0.4, 0.5) is 13.2 Å². The second-order valence-electron chi connectivity index (χ2n) is 7.13. The van der Waals surface area contributed by atoms with Crippen LogP contribution in [0.5, 0.6) is 0 Å². The maximum atomic E-state index is 12.9. The lowest BCUT2D eigenvalue weighted by Gasteiger charge is -2.16. The average Bonchev–Trinajstić information content (AvgIpc) is 3.09. The highest BCUT2D eigenvalue weighted by atomic mass is 127. The zero-order valence-corrected chi connectivity index (χ0v) is 20.0. The average molecular weight is 537 g/mol. The van der Waals surface area contributed by atoms with Crippen LogP contribution in [0.1, 0.15) is 49.3 Å². The highest BCUT2D eigenvalue weighted by Gasteiger charge is 2.30. The zero-order valence-electron chi connectivity index (χ0n) is 17.7. The van der Waals surface area contributed by atoms with Gasteiger partial charge in [-0.05, 0) is 49.3 Å². The monoisotopic (exact) mass is 537 g/mol. The van der Waals surface area contributed by atoms with Crippen molar-refractivity contribution in [3.05, 3.63) is 53.3 Å². The molecule has 0 aliphatic heterocycles. The van der Waals surface area contributed by atoms with Gasteiger partial charge in [0.1, 0.15) is 0 Å². The van der Waals surface area contributed by atoms with Crippen molar-refractivity contribution in [3.63, 3.8) is 0 Å². The summed E-state index contributed by atoms with van der Waals surface area (Å²) in [4.78, 5) is 4.57. The molecule has 2 N–H and O–H groups in total. The number of halogens is 4. The van der Waals surface area contributed by atoms with E-state index in [-0.39, 0.29) is 29.9 Å². The standard InChI is InChI=1S/C21H30F3N5.HI/c1-4-25-20(26-11-6-7-17-14-28-29(3)15-17)27-12-10-16(2)18-8-5-9-19(13-18)21(22,23)24;/h5,8-9,13-16H,4,6-7,10-12H2,1-3H3,(H2,25,26,27);1H. The summed E-state index contributed by atoms with van der Waals surface area (Å²) < 4.78 is 40.5. The van der Waals surface area contributed by atoms with E-state index in [0.29, 0.717) is 25.1 Å². The van der Waals surface area contributed by atoms with E-state index in [2.05, 4.69) is 20.7 Å². The fourth-order valence-corrected chi connectivity index (χ4v) is 3.01. The summed E-state index contributed by atoms with van der Waals surface area (Å²) in [7, 11) is 1.90. The summed E-state index contributed by atoms with van der Waals surface area (Å²) in [5.41, 5.74) is 1.29. The summed E-state index contributed by atoms with van der Waals surface area (Å²) >= 11 is 0. The number of nitrogens with zero attached hydrogens (tertiary/aromatic N) is 3. The van der Waals surface area contributed by atoms with Crippen LogP contribution in [0.15, 0.2) is 41.7 Å². The first-order valence-corrected chi connectivity index (χ1v) is 9.96. The molecule has 9 heteroatoms. The van der Waals surface area contributed by atoms with Crippen LogP contribution in [0, 0.1) is 0 Å². The molecule has 0 radical (unpaired) electrons. The molecular weight excluding hydrogens is 506 g/mol. The maximum absolute atomic E-state index is 12.9. The molecule has 1 unspecified atom stereocenters. The quantitative estimate of drug-likeness (QED) is 0.210. The molecule has 0 fully saturated rings. The van der Waals surface area contributed by atoms with Crippen LogP contribution in [0.25, 0.3) is 0 Å². The Morgan fingerprint density at radius 2 is 2.03 bits per heavy atom. The minimum absolute atomic E-state index is 0. The first kappa shape index (κ1) is 26.3. The van der Waals surface area contributed by atoms with Gasteiger partial charge >= 0.3 is 6.18 Å². The second kappa shape index (κ2) is 12.8. The van der Waals surface area contributed by atoms with Crippen molar-refractivity contribution in [1.82, 2.24) is 20.4 Å². The lowest BCUT2D eigenvalue weighted by Crippen LogP contribution is -2.38. The van der Waals surface area contributed by atoms with Crippen LogP contribution >= 0.6 is 24.0 Å². The molecule has 0 bridgehead atoms. The zero-order chi connectivity index (χ0) is 21.3. The second-order valence-corrected chi connectivity index (χ2v) is 7.13. The first-order valence-electron chi connectivity index (χ1n) is 9.96. The molecule has 1 heterocycles. The summed E-state index contributed by atoms with van der Waals surface area (Å²) in [6, 6.07) is 5.56. The van der Waals surface area contributed by atoms with E-state index >= 15 is 0 Å². The van der Waals surface area contributed by atoms with Crippen LogP contribution in [0.2, 0.25) is 0 Å². The predicted molar refractivity (Wildman–Crippen MR) is 125 cm³/mol. The number of alkyl halides is 3. The van der Waals surface area contributed by atoms with Crippen LogP contribution in [-0.4, -0.2) is 35.4 Å². The van der Waals surface area contributed by atoms with Crippen molar-refractivity contribution >= 4 is 29.9 Å². The molecule has 0 saturated carbocycles. The summed E-state index contributed by atoms with van der Waals surface area (Å²) in [5, 5.41) is 10.6. The Morgan fingerprint density at radius 1 is 1.27 bits per heavy atom. The van der Waals surface area contributed by atoms with E-state index in [1.807, 2.05) is 33.3 Å². The Balaban J connectivity index is 0.00000450. The third kappa shape index (κ3) is 8.93. The molecular formula is C21H31F3IN5. The first-order chi connectivity index (χ1) is 13.8. The molecule has 0 aliphatic rings. The number of rotatable bonds is 9. The number of aromatic nitrogens is 2. The predicted octanol–water partition coefficient (Wildman–Crippen LogP) is 4.74. The number of hydrogen-bond donors (Lipinski definition) is 2. The van der Waals surface area contributed by atoms with Gasteiger partial charge in [-0.2, -0.15) is 18.3 Å². The Hall–Kier alpha value is -1.78. The highest BCUT2D eigenvalue weighted by Crippen LogP contribution is 2.31. The van der Waals surface area contributed by atoms with Crippen molar-refractivity contribution in [2.45, 2.75) is 45.2 Å². The Labute approximate surface area is 193 Å². The minimum atomic E-state index is -4.31. The lowest BCUT2D eigenvalue weighted by molar-refractivity contribution is -0.137. The molecule has 168 valence electrons. The van der Waals surface area contributed by atoms with Gasteiger partial charge < -0.3 is 10.6 Å². The van der Waals surface area contributed by atoms with E-state index < -0.39 is 11.7 Å². The number of benzene rings is 1. The van der Waals surface area contributed by atoms with Gasteiger partial charge in [0.15, 0.2) is 5.96 Å². The SMILES string of the molecule is CCNC(=NCCCc1cnn(C)c1)NCCC(C)c1cccc(C(F)(F)F)c1.I. The van der Waals surface area contributed by atoms with Crippen molar-refractivity contribution in [3.8, 4) is 0 Å². The van der Waals surface area contributed by atoms with Gasteiger partial charge in [0.2, 0.25) is 0 Å². The van der Waals surface area contributed by atoms with Crippen LogP contribution in [-0.2, 0) is 19.6 Å². The molecule has 0 saturated heterocycles. The normalized spacial score (nSPS) is 12.9. The van der Waals surface area contributed by atoms with Crippen LogP contribution in [0.3, 0.4) is 0 Å². The van der Waals surface area contributed by atoms with Gasteiger partial charge in [-0.15, -0.1) is 24.0 Å². The lowest BCUT2D eigenvalue weighted by atomic mass is 9.96. The van der Waals surface area contributed by atoms with Gasteiger partial charge in [-0.1, -0.05) is 25.1 Å². The van der Waals surface area contributed by atoms with Gasteiger partial charge in [-0.25, -0.2) is 0 Å². The van der Waals surface area contributed by atoms with E-state index in [9.17, 15) is 13.2 Å². The third-order valence-electron chi connectivity index (χ3n) is 4.65. The molecule has 1 aromatic carbocycles. The van der Waals surface area contributed by atoms with E-state index in [1.54, 1.807) is 10.7 Å². The number of hydrogen-bond acceptors (Lipinski definition) is 2. The molecule has 0 amide bonds. The molecule has 5 nitrogen and oxygen atoms in total.